The second-order valence-corrected chi connectivity index (χ2v) is 9.60. The molecule has 0 aliphatic rings. The summed E-state index contributed by atoms with van der Waals surface area (Å²) in [7, 11) is -3.66. The molecule has 8 heteroatoms. The Hall–Kier alpha value is -2.38. The van der Waals surface area contributed by atoms with Crippen molar-refractivity contribution >= 4 is 44.8 Å². The van der Waals surface area contributed by atoms with E-state index in [1.165, 1.54) is 0 Å². The van der Waals surface area contributed by atoms with E-state index in [2.05, 4.69) is 10.0 Å². The molecule has 162 valence electrons. The summed E-state index contributed by atoms with van der Waals surface area (Å²) in [5.74, 6) is -0.173. The van der Waals surface area contributed by atoms with E-state index < -0.39 is 10.0 Å². The van der Waals surface area contributed by atoms with Gasteiger partial charge in [0.1, 0.15) is 0 Å². The number of hydrogen-bond donors (Lipinski definition) is 2. The second-order valence-electron chi connectivity index (χ2n) is 7.07. The smallest absolute Gasteiger partial charge is 0.241 e. The molecule has 0 aromatic heterocycles. The summed E-state index contributed by atoms with van der Waals surface area (Å²) in [6.45, 7) is 1.80. The molecule has 0 heterocycles. The first kappa shape index (κ1) is 23.3. The Balaban J connectivity index is 1.56. The van der Waals surface area contributed by atoms with Crippen LogP contribution >= 0.6 is 23.2 Å². The monoisotopic (exact) mass is 476 g/mol. The van der Waals surface area contributed by atoms with Crippen molar-refractivity contribution in [2.75, 3.05) is 5.32 Å². The van der Waals surface area contributed by atoms with E-state index >= 15 is 0 Å². The molecule has 0 unspecified atom stereocenters. The lowest BCUT2D eigenvalue weighted by Gasteiger charge is -2.15. The molecule has 31 heavy (non-hydrogen) atoms. The first-order chi connectivity index (χ1) is 14.7. The molecule has 0 fully saturated rings. The van der Waals surface area contributed by atoms with Crippen molar-refractivity contribution in [3.05, 3.63) is 94.0 Å². The van der Waals surface area contributed by atoms with Gasteiger partial charge in [0, 0.05) is 18.2 Å². The molecule has 0 bridgehead atoms. The van der Waals surface area contributed by atoms with E-state index in [0.717, 1.165) is 11.1 Å². The van der Waals surface area contributed by atoms with E-state index in [9.17, 15) is 13.2 Å². The van der Waals surface area contributed by atoms with Gasteiger partial charge in [-0.15, -0.1) is 0 Å². The Morgan fingerprint density at radius 3 is 2.26 bits per heavy atom. The molecule has 0 spiro atoms. The van der Waals surface area contributed by atoms with Crippen molar-refractivity contribution in [1.29, 1.82) is 0 Å². The number of carbonyl (C=O) groups is 1. The Labute approximate surface area is 192 Å². The molecule has 0 aliphatic carbocycles. The number of rotatable bonds is 8. The van der Waals surface area contributed by atoms with Gasteiger partial charge in [-0.05, 0) is 54.8 Å². The number of anilines is 1. The number of hydrogen-bond acceptors (Lipinski definition) is 3. The number of carbonyl (C=O) groups excluding carboxylic acids is 1. The standard InChI is InChI=1S/C23H22Cl2N2O3S/c1-16(18-5-3-2-4-6-18)27-31(29,30)20-11-7-17(8-12-20)9-14-23(28)26-19-10-13-21(24)22(25)15-19/h2-8,10-13,15-16,27H,9,14H2,1H3,(H,26,28)/t16-/m0/s1. The molecule has 5 nitrogen and oxygen atoms in total. The first-order valence-corrected chi connectivity index (χ1v) is 11.9. The van der Waals surface area contributed by atoms with Gasteiger partial charge in [0.2, 0.25) is 15.9 Å². The number of sulfonamides is 1. The third-order valence-electron chi connectivity index (χ3n) is 4.71. The third kappa shape index (κ3) is 6.55. The summed E-state index contributed by atoms with van der Waals surface area (Å²) in [5.41, 5.74) is 2.31. The van der Waals surface area contributed by atoms with Gasteiger partial charge in [0.25, 0.3) is 0 Å². The average Bonchev–Trinajstić information content (AvgIpc) is 2.75. The van der Waals surface area contributed by atoms with Crippen LogP contribution in [0.25, 0.3) is 0 Å². The lowest BCUT2D eigenvalue weighted by molar-refractivity contribution is -0.116. The van der Waals surface area contributed by atoms with E-state index in [4.69, 9.17) is 23.2 Å². The largest absolute Gasteiger partial charge is 0.326 e. The maximum atomic E-state index is 12.7. The van der Waals surface area contributed by atoms with Crippen LogP contribution in [-0.4, -0.2) is 14.3 Å². The van der Waals surface area contributed by atoms with Crippen LogP contribution in [0.2, 0.25) is 10.0 Å². The number of nitrogens with one attached hydrogen (secondary N) is 2. The van der Waals surface area contributed by atoms with Crippen LogP contribution in [0.5, 0.6) is 0 Å². The van der Waals surface area contributed by atoms with Crippen molar-refractivity contribution < 1.29 is 13.2 Å². The van der Waals surface area contributed by atoms with Crippen molar-refractivity contribution in [2.24, 2.45) is 0 Å². The van der Waals surface area contributed by atoms with E-state index in [-0.39, 0.29) is 23.3 Å². The van der Waals surface area contributed by atoms with Gasteiger partial charge in [0.15, 0.2) is 0 Å². The van der Waals surface area contributed by atoms with Crippen molar-refractivity contribution in [3.8, 4) is 0 Å². The van der Waals surface area contributed by atoms with Gasteiger partial charge < -0.3 is 5.32 Å². The minimum Gasteiger partial charge on any atom is -0.326 e. The van der Waals surface area contributed by atoms with Gasteiger partial charge in [-0.2, -0.15) is 0 Å². The molecule has 0 saturated carbocycles. The molecule has 0 saturated heterocycles. The predicted molar refractivity (Wildman–Crippen MR) is 125 cm³/mol. The zero-order valence-corrected chi connectivity index (χ0v) is 19.1. The molecule has 3 rings (SSSR count). The zero-order chi connectivity index (χ0) is 22.4. The lowest BCUT2D eigenvalue weighted by atomic mass is 10.1. The van der Waals surface area contributed by atoms with Gasteiger partial charge in [-0.1, -0.05) is 65.7 Å². The number of amides is 1. The van der Waals surface area contributed by atoms with Gasteiger partial charge in [-0.3, -0.25) is 4.79 Å². The Morgan fingerprint density at radius 1 is 0.935 bits per heavy atom. The van der Waals surface area contributed by atoms with E-state index in [1.54, 1.807) is 49.4 Å². The number of benzene rings is 3. The van der Waals surface area contributed by atoms with Crippen molar-refractivity contribution in [1.82, 2.24) is 4.72 Å². The summed E-state index contributed by atoms with van der Waals surface area (Å²) >= 11 is 11.8. The molecule has 3 aromatic rings. The van der Waals surface area contributed by atoms with Crippen LogP contribution in [0.3, 0.4) is 0 Å². The van der Waals surface area contributed by atoms with Crippen LogP contribution in [0.4, 0.5) is 5.69 Å². The SMILES string of the molecule is C[C@H](NS(=O)(=O)c1ccc(CCC(=O)Nc2ccc(Cl)c(Cl)c2)cc1)c1ccccc1. The van der Waals surface area contributed by atoms with Crippen LogP contribution in [-0.2, 0) is 21.2 Å². The van der Waals surface area contributed by atoms with Crippen LogP contribution in [0.15, 0.2) is 77.7 Å². The highest BCUT2D eigenvalue weighted by atomic mass is 35.5. The average molecular weight is 477 g/mol. The fourth-order valence-corrected chi connectivity index (χ4v) is 4.53. The van der Waals surface area contributed by atoms with E-state index in [1.807, 2.05) is 30.3 Å². The van der Waals surface area contributed by atoms with Crippen LogP contribution < -0.4 is 10.0 Å². The van der Waals surface area contributed by atoms with Crippen LogP contribution in [0.1, 0.15) is 30.5 Å². The molecule has 0 radical (unpaired) electrons. The topological polar surface area (TPSA) is 75.3 Å². The van der Waals surface area contributed by atoms with Crippen molar-refractivity contribution in [2.45, 2.75) is 30.7 Å². The quantitative estimate of drug-likeness (QED) is 0.443. The highest BCUT2D eigenvalue weighted by molar-refractivity contribution is 7.89. The summed E-state index contributed by atoms with van der Waals surface area (Å²) in [4.78, 5) is 12.4. The molecule has 1 amide bonds. The predicted octanol–water partition coefficient (Wildman–Crippen LogP) is 5.60. The highest BCUT2D eigenvalue weighted by Crippen LogP contribution is 2.25. The summed E-state index contributed by atoms with van der Waals surface area (Å²) < 4.78 is 28.0. The maximum absolute atomic E-state index is 12.7. The van der Waals surface area contributed by atoms with Gasteiger partial charge in [0.05, 0.1) is 14.9 Å². The van der Waals surface area contributed by atoms with Gasteiger partial charge >= 0.3 is 0 Å². The Kier molecular flexibility index (Phi) is 7.73. The molecule has 0 aliphatic heterocycles. The third-order valence-corrected chi connectivity index (χ3v) is 7.00. The normalized spacial score (nSPS) is 12.4. The fraction of sp³-hybridized carbons (Fsp3) is 0.174. The summed E-state index contributed by atoms with van der Waals surface area (Å²) in [5, 5.41) is 3.55. The molecule has 2 N–H and O–H groups in total. The molecule has 3 aromatic carbocycles. The lowest BCUT2D eigenvalue weighted by Crippen LogP contribution is -2.26. The second kappa shape index (κ2) is 10.3. The van der Waals surface area contributed by atoms with E-state index in [0.29, 0.717) is 22.2 Å². The molecular weight excluding hydrogens is 455 g/mol. The minimum atomic E-state index is -3.66. The van der Waals surface area contributed by atoms with Crippen LogP contribution in [0, 0.1) is 0 Å². The first-order valence-electron chi connectivity index (χ1n) is 9.66. The van der Waals surface area contributed by atoms with Gasteiger partial charge in [-0.25, -0.2) is 13.1 Å². The Morgan fingerprint density at radius 2 is 1.61 bits per heavy atom. The fourth-order valence-electron chi connectivity index (χ4n) is 3.00. The number of aryl methyl sites for hydroxylation is 1. The number of halogens is 2. The highest BCUT2D eigenvalue weighted by Gasteiger charge is 2.18. The Bertz CT molecular complexity index is 1150. The molecule has 1 atom stereocenters. The summed E-state index contributed by atoms with van der Waals surface area (Å²) in [6, 6.07) is 20.4. The molecular formula is C23H22Cl2N2O3S. The minimum absolute atomic E-state index is 0.173. The summed E-state index contributed by atoms with van der Waals surface area (Å²) in [6.07, 6.45) is 0.719. The van der Waals surface area contributed by atoms with Crippen molar-refractivity contribution in [3.63, 3.8) is 0 Å². The maximum Gasteiger partial charge on any atom is 0.241 e. The zero-order valence-electron chi connectivity index (χ0n) is 16.8.